The van der Waals surface area contributed by atoms with E-state index < -0.39 is 0 Å². The third kappa shape index (κ3) is 7.15. The summed E-state index contributed by atoms with van der Waals surface area (Å²) in [4.78, 5) is 0. The predicted molar refractivity (Wildman–Crippen MR) is 50.3 cm³/mol. The maximum atomic E-state index is 5.11. The zero-order valence-corrected chi connectivity index (χ0v) is 7.27. The van der Waals surface area contributed by atoms with Crippen LogP contribution in [0.1, 0.15) is 26.2 Å². The third-order valence-corrected chi connectivity index (χ3v) is 1.51. The molecule has 0 radical (unpaired) electrons. The molecule has 0 aromatic carbocycles. The van der Waals surface area contributed by atoms with E-state index in [0.29, 0.717) is 6.04 Å². The van der Waals surface area contributed by atoms with Gasteiger partial charge in [-0.2, -0.15) is 0 Å². The summed E-state index contributed by atoms with van der Waals surface area (Å²) in [5, 5.41) is 3.35. The monoisotopic (exact) mass is 151 g/mol. The van der Waals surface area contributed by atoms with Gasteiger partial charge in [0, 0.05) is 12.5 Å². The largest absolute Gasteiger partial charge is 0.314 e. The summed E-state index contributed by atoms with van der Waals surface area (Å²) < 4.78 is 0. The van der Waals surface area contributed by atoms with Crippen molar-refractivity contribution in [2.45, 2.75) is 32.2 Å². The molecule has 1 nitrogen and oxygen atoms in total. The summed E-state index contributed by atoms with van der Waals surface area (Å²) in [5.74, 6) is 2.61. The van der Waals surface area contributed by atoms with Crippen LogP contribution >= 0.6 is 0 Å². The highest BCUT2D eigenvalue weighted by molar-refractivity contribution is 4.83. The second-order valence-corrected chi connectivity index (χ2v) is 2.69. The minimum atomic E-state index is 0.533. The molecule has 0 saturated heterocycles. The number of rotatable bonds is 6. The van der Waals surface area contributed by atoms with Gasteiger partial charge in [-0.1, -0.05) is 6.08 Å². The van der Waals surface area contributed by atoms with Gasteiger partial charge in [0.15, 0.2) is 0 Å². The number of unbranched alkanes of at least 4 members (excludes halogenated alkanes) is 1. The first-order valence-electron chi connectivity index (χ1n) is 4.09. The summed E-state index contributed by atoms with van der Waals surface area (Å²) in [5.41, 5.74) is 0. The summed E-state index contributed by atoms with van der Waals surface area (Å²) in [6, 6.07) is 0.533. The molecule has 1 N–H and O–H groups in total. The lowest BCUT2D eigenvalue weighted by molar-refractivity contribution is 0.545. The molecule has 0 aromatic heterocycles. The fourth-order valence-corrected chi connectivity index (χ4v) is 0.872. The molecule has 1 heteroatoms. The Morgan fingerprint density at radius 3 is 3.00 bits per heavy atom. The van der Waals surface area contributed by atoms with Crippen molar-refractivity contribution in [3.8, 4) is 12.3 Å². The lowest BCUT2D eigenvalue weighted by atomic mass is 10.2. The second-order valence-electron chi connectivity index (χ2n) is 2.69. The molecule has 0 saturated carbocycles. The Bertz CT molecular complexity index is 132. The molecule has 1 unspecified atom stereocenters. The fraction of sp³-hybridized carbons (Fsp3) is 0.600. The van der Waals surface area contributed by atoms with Crippen LogP contribution in [0.3, 0.4) is 0 Å². The minimum absolute atomic E-state index is 0.533. The standard InChI is InChI=1S/C10H17N/c1-4-6-7-9-11-10(3)8-5-2/h1,5,10-11H,2,6-9H2,3H3. The van der Waals surface area contributed by atoms with Gasteiger partial charge in [-0.25, -0.2) is 0 Å². The minimum Gasteiger partial charge on any atom is -0.314 e. The molecule has 11 heavy (non-hydrogen) atoms. The molecular formula is C10H17N. The van der Waals surface area contributed by atoms with Crippen molar-refractivity contribution in [3.05, 3.63) is 12.7 Å². The van der Waals surface area contributed by atoms with Crippen molar-refractivity contribution in [3.63, 3.8) is 0 Å². The van der Waals surface area contributed by atoms with Crippen molar-refractivity contribution in [2.24, 2.45) is 0 Å². The van der Waals surface area contributed by atoms with Gasteiger partial charge in [-0.3, -0.25) is 0 Å². The van der Waals surface area contributed by atoms with Gasteiger partial charge in [0.1, 0.15) is 0 Å². The Morgan fingerprint density at radius 1 is 1.73 bits per heavy atom. The first kappa shape index (κ1) is 10.3. The van der Waals surface area contributed by atoms with Gasteiger partial charge in [0.25, 0.3) is 0 Å². The van der Waals surface area contributed by atoms with E-state index in [1.165, 1.54) is 0 Å². The van der Waals surface area contributed by atoms with Crippen LogP contribution < -0.4 is 5.32 Å². The van der Waals surface area contributed by atoms with Gasteiger partial charge >= 0.3 is 0 Å². The molecular weight excluding hydrogens is 134 g/mol. The highest BCUT2D eigenvalue weighted by Crippen LogP contribution is 1.91. The van der Waals surface area contributed by atoms with Crippen LogP contribution in [-0.4, -0.2) is 12.6 Å². The smallest absolute Gasteiger partial charge is 0.00981 e. The zero-order valence-electron chi connectivity index (χ0n) is 7.27. The average Bonchev–Trinajstić information content (AvgIpc) is 1.99. The molecule has 0 aliphatic rings. The molecule has 0 heterocycles. The van der Waals surface area contributed by atoms with E-state index in [2.05, 4.69) is 24.7 Å². The highest BCUT2D eigenvalue weighted by atomic mass is 14.9. The molecule has 1 atom stereocenters. The Kier molecular flexibility index (Phi) is 6.87. The molecule has 0 amide bonds. The Hall–Kier alpha value is -0.740. The Morgan fingerprint density at radius 2 is 2.45 bits per heavy atom. The lowest BCUT2D eigenvalue weighted by Crippen LogP contribution is -2.26. The molecule has 0 aliphatic heterocycles. The van der Waals surface area contributed by atoms with E-state index in [0.717, 1.165) is 25.8 Å². The summed E-state index contributed by atoms with van der Waals surface area (Å²) >= 11 is 0. The molecule has 62 valence electrons. The molecule has 0 spiro atoms. The Labute approximate surface area is 69.9 Å². The Balaban J connectivity index is 3.11. The van der Waals surface area contributed by atoms with Gasteiger partial charge < -0.3 is 5.32 Å². The van der Waals surface area contributed by atoms with Gasteiger partial charge in [-0.05, 0) is 26.3 Å². The number of hydrogen-bond donors (Lipinski definition) is 1. The van der Waals surface area contributed by atoms with Crippen LogP contribution in [0.2, 0.25) is 0 Å². The fourth-order valence-electron chi connectivity index (χ4n) is 0.872. The lowest BCUT2D eigenvalue weighted by Gasteiger charge is -2.09. The van der Waals surface area contributed by atoms with E-state index in [1.807, 2.05) is 6.08 Å². The van der Waals surface area contributed by atoms with Gasteiger partial charge in [-0.15, -0.1) is 18.9 Å². The average molecular weight is 151 g/mol. The maximum absolute atomic E-state index is 5.11. The quantitative estimate of drug-likeness (QED) is 0.347. The van der Waals surface area contributed by atoms with E-state index in [4.69, 9.17) is 6.42 Å². The molecule has 0 fully saturated rings. The van der Waals surface area contributed by atoms with Crippen molar-refractivity contribution in [2.75, 3.05) is 6.54 Å². The molecule has 0 rings (SSSR count). The maximum Gasteiger partial charge on any atom is 0.00981 e. The van der Waals surface area contributed by atoms with Crippen molar-refractivity contribution in [1.82, 2.24) is 5.32 Å². The normalized spacial score (nSPS) is 12.0. The number of terminal acetylenes is 1. The number of nitrogens with one attached hydrogen (secondary N) is 1. The van der Waals surface area contributed by atoms with Gasteiger partial charge in [0.2, 0.25) is 0 Å². The van der Waals surface area contributed by atoms with Crippen LogP contribution in [0, 0.1) is 12.3 Å². The van der Waals surface area contributed by atoms with Crippen molar-refractivity contribution < 1.29 is 0 Å². The predicted octanol–water partition coefficient (Wildman–Crippen LogP) is 1.95. The molecule has 0 aliphatic carbocycles. The van der Waals surface area contributed by atoms with Crippen LogP contribution in [0.5, 0.6) is 0 Å². The summed E-state index contributed by atoms with van der Waals surface area (Å²) in [6.07, 6.45) is 10.00. The van der Waals surface area contributed by atoms with Crippen molar-refractivity contribution >= 4 is 0 Å². The zero-order chi connectivity index (χ0) is 8.53. The first-order chi connectivity index (χ1) is 5.31. The van der Waals surface area contributed by atoms with E-state index in [9.17, 15) is 0 Å². The van der Waals surface area contributed by atoms with Crippen LogP contribution in [-0.2, 0) is 0 Å². The topological polar surface area (TPSA) is 12.0 Å². The summed E-state index contributed by atoms with van der Waals surface area (Å²) in [6.45, 7) is 6.84. The van der Waals surface area contributed by atoms with Crippen molar-refractivity contribution in [1.29, 1.82) is 0 Å². The molecule has 0 bridgehead atoms. The van der Waals surface area contributed by atoms with Crippen LogP contribution in [0.15, 0.2) is 12.7 Å². The van der Waals surface area contributed by atoms with E-state index in [-0.39, 0.29) is 0 Å². The first-order valence-corrected chi connectivity index (χ1v) is 4.09. The van der Waals surface area contributed by atoms with E-state index >= 15 is 0 Å². The van der Waals surface area contributed by atoms with Crippen LogP contribution in [0.4, 0.5) is 0 Å². The van der Waals surface area contributed by atoms with E-state index in [1.54, 1.807) is 0 Å². The highest BCUT2D eigenvalue weighted by Gasteiger charge is 1.95. The SMILES string of the molecule is C#CCCCNC(C)CC=C. The summed E-state index contributed by atoms with van der Waals surface area (Å²) in [7, 11) is 0. The second kappa shape index (κ2) is 7.37. The molecule has 0 aromatic rings. The number of hydrogen-bond acceptors (Lipinski definition) is 1. The van der Waals surface area contributed by atoms with Crippen LogP contribution in [0.25, 0.3) is 0 Å². The third-order valence-electron chi connectivity index (χ3n) is 1.51. The van der Waals surface area contributed by atoms with Gasteiger partial charge in [0.05, 0.1) is 0 Å².